The topological polar surface area (TPSA) is 47.3 Å². The predicted molar refractivity (Wildman–Crippen MR) is 107 cm³/mol. The van der Waals surface area contributed by atoms with Gasteiger partial charge in [0.25, 0.3) is 0 Å². The zero-order valence-corrected chi connectivity index (χ0v) is 16.4. The van der Waals surface area contributed by atoms with E-state index in [2.05, 4.69) is 11.0 Å². The number of anilines is 1. The number of rotatable bonds is 3. The van der Waals surface area contributed by atoms with Crippen LogP contribution in [-0.2, 0) is 11.0 Å². The van der Waals surface area contributed by atoms with E-state index in [4.69, 9.17) is 0 Å². The Morgan fingerprint density at radius 3 is 2.43 bits per heavy atom. The molecule has 1 saturated carbocycles. The third-order valence-corrected chi connectivity index (χ3v) is 5.95. The van der Waals surface area contributed by atoms with Crippen molar-refractivity contribution in [1.82, 2.24) is 4.90 Å². The number of alkyl halides is 3. The van der Waals surface area contributed by atoms with Crippen LogP contribution in [0.2, 0.25) is 0 Å². The standard InChI is InChI=1S/C23H22F3N3O/c24-23(25,26)18-8-6-16(7-9-18)19-14-20(19)22(30)29-11-3-10-28(12-13-29)21-5-2-1-4-17(21)15-27/h1-2,4-9,19-20H,3,10-14H2. The van der Waals surface area contributed by atoms with Gasteiger partial charge >= 0.3 is 6.18 Å². The molecule has 0 bridgehead atoms. The normalized spacial score (nSPS) is 21.7. The number of nitrogens with zero attached hydrogens (tertiary/aromatic N) is 3. The van der Waals surface area contributed by atoms with Crippen molar-refractivity contribution in [1.29, 1.82) is 5.26 Å². The van der Waals surface area contributed by atoms with Gasteiger partial charge < -0.3 is 9.80 Å². The van der Waals surface area contributed by atoms with Gasteiger partial charge in [-0.3, -0.25) is 4.79 Å². The summed E-state index contributed by atoms with van der Waals surface area (Å²) < 4.78 is 38.2. The average Bonchev–Trinajstić information content (AvgIpc) is 3.56. The van der Waals surface area contributed by atoms with E-state index in [9.17, 15) is 23.2 Å². The molecule has 1 saturated heterocycles. The van der Waals surface area contributed by atoms with Gasteiger partial charge in [-0.25, -0.2) is 0 Å². The van der Waals surface area contributed by atoms with Crippen molar-refractivity contribution in [3.05, 3.63) is 65.2 Å². The number of carbonyl (C=O) groups excluding carboxylic acids is 1. The lowest BCUT2D eigenvalue weighted by atomic mass is 10.1. The molecule has 4 nitrogen and oxygen atoms in total. The molecule has 2 fully saturated rings. The average molecular weight is 413 g/mol. The van der Waals surface area contributed by atoms with E-state index in [1.54, 1.807) is 6.07 Å². The summed E-state index contributed by atoms with van der Waals surface area (Å²) in [5.74, 6) is -0.0755. The highest BCUT2D eigenvalue weighted by Crippen LogP contribution is 2.49. The number of carbonyl (C=O) groups is 1. The maximum atomic E-state index is 13.0. The highest BCUT2D eigenvalue weighted by molar-refractivity contribution is 5.83. The van der Waals surface area contributed by atoms with Gasteiger partial charge in [0, 0.05) is 32.1 Å². The van der Waals surface area contributed by atoms with Gasteiger partial charge in [0.05, 0.1) is 16.8 Å². The fraction of sp³-hybridized carbons (Fsp3) is 0.391. The molecular weight excluding hydrogens is 391 g/mol. The molecule has 7 heteroatoms. The summed E-state index contributed by atoms with van der Waals surface area (Å²) in [5, 5.41) is 9.34. The van der Waals surface area contributed by atoms with Crippen molar-refractivity contribution in [2.45, 2.75) is 24.9 Å². The molecule has 1 heterocycles. The minimum absolute atomic E-state index is 0.00143. The van der Waals surface area contributed by atoms with Crippen LogP contribution in [0.15, 0.2) is 48.5 Å². The van der Waals surface area contributed by atoms with Crippen LogP contribution in [0.5, 0.6) is 0 Å². The van der Waals surface area contributed by atoms with E-state index < -0.39 is 11.7 Å². The molecule has 2 aromatic rings. The first kappa shape index (κ1) is 20.3. The number of nitriles is 1. The van der Waals surface area contributed by atoms with Crippen LogP contribution in [0, 0.1) is 17.2 Å². The molecule has 2 aromatic carbocycles. The molecule has 2 unspecified atom stereocenters. The zero-order valence-electron chi connectivity index (χ0n) is 16.4. The minimum Gasteiger partial charge on any atom is -0.369 e. The first-order valence-corrected chi connectivity index (χ1v) is 10.1. The summed E-state index contributed by atoms with van der Waals surface area (Å²) in [6.45, 7) is 2.66. The van der Waals surface area contributed by atoms with Gasteiger partial charge in [0.2, 0.25) is 5.91 Å². The van der Waals surface area contributed by atoms with Crippen LogP contribution in [0.25, 0.3) is 0 Å². The maximum absolute atomic E-state index is 13.0. The fourth-order valence-electron chi connectivity index (χ4n) is 4.21. The number of benzene rings is 2. The van der Waals surface area contributed by atoms with Gasteiger partial charge in [0.15, 0.2) is 0 Å². The largest absolute Gasteiger partial charge is 0.416 e. The second-order valence-electron chi connectivity index (χ2n) is 7.86. The zero-order chi connectivity index (χ0) is 21.3. The summed E-state index contributed by atoms with van der Waals surface area (Å²) in [6.07, 6.45) is -2.86. The van der Waals surface area contributed by atoms with Gasteiger partial charge in [-0.05, 0) is 48.6 Å². The third kappa shape index (κ3) is 4.13. The van der Waals surface area contributed by atoms with Crippen molar-refractivity contribution in [2.75, 3.05) is 31.1 Å². The first-order valence-electron chi connectivity index (χ1n) is 10.1. The Balaban J connectivity index is 1.38. The Kier molecular flexibility index (Phi) is 5.42. The number of amides is 1. The summed E-state index contributed by atoms with van der Waals surface area (Å²) in [6, 6.07) is 14.8. The lowest BCUT2D eigenvalue weighted by Crippen LogP contribution is -2.36. The van der Waals surface area contributed by atoms with Crippen molar-refractivity contribution >= 4 is 11.6 Å². The quantitative estimate of drug-likeness (QED) is 0.749. The molecule has 2 atom stereocenters. The Morgan fingerprint density at radius 1 is 1.00 bits per heavy atom. The Bertz CT molecular complexity index is 965. The molecule has 0 aromatic heterocycles. The predicted octanol–water partition coefficient (Wildman–Crippen LogP) is 4.42. The second kappa shape index (κ2) is 8.02. The molecule has 1 aliphatic heterocycles. The van der Waals surface area contributed by atoms with Crippen LogP contribution in [0.1, 0.15) is 35.4 Å². The number of hydrogen-bond acceptors (Lipinski definition) is 3. The summed E-state index contributed by atoms with van der Waals surface area (Å²) in [7, 11) is 0. The molecule has 156 valence electrons. The van der Waals surface area contributed by atoms with Crippen molar-refractivity contribution in [3.63, 3.8) is 0 Å². The molecule has 1 aliphatic carbocycles. The van der Waals surface area contributed by atoms with Crippen LogP contribution < -0.4 is 4.90 Å². The van der Waals surface area contributed by atoms with E-state index in [0.717, 1.165) is 36.3 Å². The lowest BCUT2D eigenvalue weighted by molar-refractivity contribution is -0.137. The van der Waals surface area contributed by atoms with Crippen molar-refractivity contribution in [2.24, 2.45) is 5.92 Å². The summed E-state index contributed by atoms with van der Waals surface area (Å²) >= 11 is 0. The van der Waals surface area contributed by atoms with Crippen LogP contribution in [0.4, 0.5) is 18.9 Å². The lowest BCUT2D eigenvalue weighted by Gasteiger charge is -2.24. The van der Waals surface area contributed by atoms with Gasteiger partial charge in [-0.1, -0.05) is 24.3 Å². The van der Waals surface area contributed by atoms with Crippen LogP contribution >= 0.6 is 0 Å². The van der Waals surface area contributed by atoms with E-state index in [0.29, 0.717) is 31.6 Å². The molecule has 4 rings (SSSR count). The number of hydrogen-bond donors (Lipinski definition) is 0. The van der Waals surface area contributed by atoms with E-state index in [-0.39, 0.29) is 17.7 Å². The molecular formula is C23H22F3N3O. The molecule has 0 spiro atoms. The van der Waals surface area contributed by atoms with Crippen molar-refractivity contribution < 1.29 is 18.0 Å². The first-order chi connectivity index (χ1) is 14.4. The minimum atomic E-state index is -4.35. The van der Waals surface area contributed by atoms with Crippen LogP contribution in [-0.4, -0.2) is 37.0 Å². The van der Waals surface area contributed by atoms with E-state index in [1.165, 1.54) is 12.1 Å². The molecule has 0 N–H and O–H groups in total. The van der Waals surface area contributed by atoms with Crippen molar-refractivity contribution in [3.8, 4) is 6.07 Å². The van der Waals surface area contributed by atoms with E-state index in [1.807, 2.05) is 23.1 Å². The van der Waals surface area contributed by atoms with Gasteiger partial charge in [-0.2, -0.15) is 18.4 Å². The fourth-order valence-corrected chi connectivity index (χ4v) is 4.21. The second-order valence-corrected chi connectivity index (χ2v) is 7.86. The van der Waals surface area contributed by atoms with E-state index >= 15 is 0 Å². The molecule has 0 radical (unpaired) electrons. The monoisotopic (exact) mass is 413 g/mol. The maximum Gasteiger partial charge on any atom is 0.416 e. The molecule has 2 aliphatic rings. The Morgan fingerprint density at radius 2 is 1.73 bits per heavy atom. The summed E-state index contributed by atoms with van der Waals surface area (Å²) in [4.78, 5) is 17.0. The molecule has 1 amide bonds. The highest BCUT2D eigenvalue weighted by Gasteiger charge is 2.46. The smallest absolute Gasteiger partial charge is 0.369 e. The third-order valence-electron chi connectivity index (χ3n) is 5.95. The molecule has 30 heavy (non-hydrogen) atoms. The summed E-state index contributed by atoms with van der Waals surface area (Å²) in [5.41, 5.74) is 1.64. The van der Waals surface area contributed by atoms with Crippen LogP contribution in [0.3, 0.4) is 0 Å². The number of para-hydroxylation sites is 1. The van der Waals surface area contributed by atoms with Gasteiger partial charge in [0.1, 0.15) is 6.07 Å². The Labute approximate surface area is 173 Å². The SMILES string of the molecule is N#Cc1ccccc1N1CCCN(C(=O)C2CC2c2ccc(C(F)(F)F)cc2)CC1. The Hall–Kier alpha value is -3.01. The van der Waals surface area contributed by atoms with Gasteiger partial charge in [-0.15, -0.1) is 0 Å². The number of halogens is 3. The highest BCUT2D eigenvalue weighted by atomic mass is 19.4.